The van der Waals surface area contributed by atoms with Gasteiger partial charge in [-0.3, -0.25) is 10.1 Å². The van der Waals surface area contributed by atoms with Gasteiger partial charge in [-0.1, -0.05) is 0 Å². The van der Waals surface area contributed by atoms with Gasteiger partial charge in [0.15, 0.2) is 0 Å². The average molecular weight is 361 g/mol. The number of rotatable bonds is 6. The van der Waals surface area contributed by atoms with Crippen molar-refractivity contribution in [2.45, 2.75) is 6.18 Å². The molecule has 0 unspecified atom stereocenters. The Hall–Kier alpha value is -1.42. The first-order valence-electron chi connectivity index (χ1n) is 5.22. The number of halogens is 5. The van der Waals surface area contributed by atoms with Crippen LogP contribution in [-0.2, 0) is 4.74 Å². The third-order valence-corrected chi connectivity index (χ3v) is 2.67. The summed E-state index contributed by atoms with van der Waals surface area (Å²) in [6, 6.07) is 1.85. The molecule has 0 aliphatic heterocycles. The van der Waals surface area contributed by atoms with Crippen LogP contribution in [0.25, 0.3) is 0 Å². The van der Waals surface area contributed by atoms with E-state index in [0.717, 1.165) is 12.1 Å². The van der Waals surface area contributed by atoms with Crippen LogP contribution in [-0.4, -0.2) is 30.9 Å². The highest BCUT2D eigenvalue weighted by molar-refractivity contribution is 9.10. The van der Waals surface area contributed by atoms with E-state index < -0.39 is 29.2 Å². The summed E-state index contributed by atoms with van der Waals surface area (Å²) in [5, 5.41) is 13.2. The van der Waals surface area contributed by atoms with Crippen LogP contribution < -0.4 is 5.32 Å². The molecule has 1 aromatic rings. The summed E-state index contributed by atoms with van der Waals surface area (Å²) in [6.07, 6.45) is -4.43. The lowest BCUT2D eigenvalue weighted by Crippen LogP contribution is -2.20. The Morgan fingerprint density at radius 2 is 2.05 bits per heavy atom. The molecule has 0 atom stereocenters. The van der Waals surface area contributed by atoms with Crippen molar-refractivity contribution in [2.24, 2.45) is 0 Å². The highest BCUT2D eigenvalue weighted by Crippen LogP contribution is 2.30. The Kier molecular flexibility index (Phi) is 5.69. The molecule has 1 aromatic carbocycles. The van der Waals surface area contributed by atoms with Gasteiger partial charge >= 0.3 is 6.18 Å². The molecule has 1 rings (SSSR count). The van der Waals surface area contributed by atoms with Crippen molar-refractivity contribution in [1.29, 1.82) is 0 Å². The van der Waals surface area contributed by atoms with E-state index in [4.69, 9.17) is 0 Å². The van der Waals surface area contributed by atoms with Gasteiger partial charge < -0.3 is 10.1 Å². The predicted molar refractivity (Wildman–Crippen MR) is 66.1 cm³/mol. The number of hydrogen-bond donors (Lipinski definition) is 1. The molecule has 0 aliphatic carbocycles. The third-order valence-electron chi connectivity index (χ3n) is 2.06. The third kappa shape index (κ3) is 5.29. The van der Waals surface area contributed by atoms with Crippen LogP contribution in [0, 0.1) is 15.9 Å². The van der Waals surface area contributed by atoms with Crippen molar-refractivity contribution in [3.05, 3.63) is 32.5 Å². The van der Waals surface area contributed by atoms with E-state index >= 15 is 0 Å². The minimum Gasteiger partial charge on any atom is -0.377 e. The lowest BCUT2D eigenvalue weighted by atomic mass is 10.2. The van der Waals surface area contributed by atoms with Crippen molar-refractivity contribution in [3.8, 4) is 0 Å². The molecule has 0 heterocycles. The Balaban J connectivity index is 2.59. The molecule has 0 aromatic heterocycles. The highest BCUT2D eigenvalue weighted by Gasteiger charge is 2.27. The number of nitrogens with one attached hydrogen (secondary N) is 1. The van der Waals surface area contributed by atoms with Gasteiger partial charge in [-0.15, -0.1) is 0 Å². The van der Waals surface area contributed by atoms with Crippen LogP contribution in [0.1, 0.15) is 0 Å². The van der Waals surface area contributed by atoms with E-state index in [1.807, 2.05) is 0 Å². The van der Waals surface area contributed by atoms with Gasteiger partial charge in [-0.25, -0.2) is 4.39 Å². The molecule has 0 saturated heterocycles. The fourth-order valence-electron chi connectivity index (χ4n) is 1.27. The van der Waals surface area contributed by atoms with Crippen molar-refractivity contribution in [3.63, 3.8) is 0 Å². The van der Waals surface area contributed by atoms with Crippen LogP contribution >= 0.6 is 15.9 Å². The minimum atomic E-state index is -4.43. The number of nitro groups is 1. The van der Waals surface area contributed by atoms with E-state index in [0.29, 0.717) is 0 Å². The molecule has 0 bridgehead atoms. The standard InChI is InChI=1S/C10H9BrF4N2O3/c11-6-3-9(17(18)19)8(4-7(6)12)16-1-2-20-5-10(13,14)15/h3-4,16H,1-2,5H2. The number of benzene rings is 1. The largest absolute Gasteiger partial charge is 0.411 e. The van der Waals surface area contributed by atoms with Crippen molar-refractivity contribution < 1.29 is 27.2 Å². The van der Waals surface area contributed by atoms with Crippen molar-refractivity contribution in [2.75, 3.05) is 25.1 Å². The predicted octanol–water partition coefficient (Wildman–Crippen LogP) is 3.49. The van der Waals surface area contributed by atoms with Gasteiger partial charge in [0.2, 0.25) is 0 Å². The fraction of sp³-hybridized carbons (Fsp3) is 0.400. The first kappa shape index (κ1) is 16.6. The first-order chi connectivity index (χ1) is 9.20. The summed E-state index contributed by atoms with van der Waals surface area (Å²) in [7, 11) is 0. The molecule has 0 aliphatic rings. The SMILES string of the molecule is O=[N+]([O-])c1cc(Br)c(F)cc1NCCOCC(F)(F)F. The topological polar surface area (TPSA) is 64.4 Å². The molecule has 10 heteroatoms. The summed E-state index contributed by atoms with van der Waals surface area (Å²) in [6.45, 7) is -1.86. The number of anilines is 1. The van der Waals surface area contributed by atoms with Gasteiger partial charge in [-0.2, -0.15) is 13.2 Å². The molecule has 0 radical (unpaired) electrons. The van der Waals surface area contributed by atoms with Crippen molar-refractivity contribution in [1.82, 2.24) is 0 Å². The smallest absolute Gasteiger partial charge is 0.377 e. The number of nitrogens with zero attached hydrogens (tertiary/aromatic N) is 1. The van der Waals surface area contributed by atoms with E-state index in [2.05, 4.69) is 26.0 Å². The van der Waals surface area contributed by atoms with Crippen LogP contribution in [0.3, 0.4) is 0 Å². The zero-order valence-electron chi connectivity index (χ0n) is 9.84. The molecule has 5 nitrogen and oxygen atoms in total. The van der Waals surface area contributed by atoms with Crippen molar-refractivity contribution >= 4 is 27.3 Å². The molecule has 20 heavy (non-hydrogen) atoms. The number of hydrogen-bond acceptors (Lipinski definition) is 4. The summed E-state index contributed by atoms with van der Waals surface area (Å²) in [5.41, 5.74) is -0.527. The molecule has 112 valence electrons. The maximum absolute atomic E-state index is 13.3. The van der Waals surface area contributed by atoms with Gasteiger partial charge in [0, 0.05) is 18.7 Å². The van der Waals surface area contributed by atoms with Crippen LogP contribution in [0.5, 0.6) is 0 Å². The normalized spacial score (nSPS) is 11.4. The van der Waals surface area contributed by atoms with Gasteiger partial charge in [0.25, 0.3) is 5.69 Å². The molecule has 0 spiro atoms. The number of nitro benzene ring substituents is 1. The summed E-state index contributed by atoms with van der Waals surface area (Å²) in [5.74, 6) is -0.727. The summed E-state index contributed by atoms with van der Waals surface area (Å²) in [4.78, 5) is 10.0. The van der Waals surface area contributed by atoms with Crippen LogP contribution in [0.2, 0.25) is 0 Å². The average Bonchev–Trinajstić information content (AvgIpc) is 2.31. The van der Waals surface area contributed by atoms with E-state index in [1.165, 1.54) is 0 Å². The monoisotopic (exact) mass is 360 g/mol. The Morgan fingerprint density at radius 3 is 2.60 bits per heavy atom. The van der Waals surface area contributed by atoms with E-state index in [9.17, 15) is 27.7 Å². The lowest BCUT2D eigenvalue weighted by Gasteiger charge is -2.10. The Labute approximate surface area is 119 Å². The lowest BCUT2D eigenvalue weighted by molar-refractivity contribution is -0.384. The fourth-order valence-corrected chi connectivity index (χ4v) is 1.61. The minimum absolute atomic E-state index is 0.0805. The molecular formula is C10H9BrF4N2O3. The van der Waals surface area contributed by atoms with E-state index in [-0.39, 0.29) is 23.3 Å². The number of ether oxygens (including phenoxy) is 1. The summed E-state index contributed by atoms with van der Waals surface area (Å²) < 4.78 is 52.8. The second-order valence-corrected chi connectivity index (χ2v) is 4.49. The Bertz CT molecular complexity index is 496. The molecule has 0 fully saturated rings. The summed E-state index contributed by atoms with van der Waals surface area (Å²) >= 11 is 2.81. The molecular weight excluding hydrogens is 352 g/mol. The maximum Gasteiger partial charge on any atom is 0.411 e. The van der Waals surface area contributed by atoms with Gasteiger partial charge in [0.1, 0.15) is 18.1 Å². The van der Waals surface area contributed by atoms with E-state index in [1.54, 1.807) is 0 Å². The quantitative estimate of drug-likeness (QED) is 0.365. The molecule has 0 amide bonds. The number of alkyl halides is 3. The van der Waals surface area contributed by atoms with Gasteiger partial charge in [0.05, 0.1) is 16.0 Å². The molecule has 1 N–H and O–H groups in total. The van der Waals surface area contributed by atoms with Gasteiger partial charge in [-0.05, 0) is 15.9 Å². The molecule has 0 saturated carbocycles. The zero-order chi connectivity index (χ0) is 15.3. The van der Waals surface area contributed by atoms with Crippen LogP contribution in [0.15, 0.2) is 16.6 Å². The highest BCUT2D eigenvalue weighted by atomic mass is 79.9. The zero-order valence-corrected chi connectivity index (χ0v) is 11.4. The second-order valence-electron chi connectivity index (χ2n) is 3.64. The first-order valence-corrected chi connectivity index (χ1v) is 6.02. The van der Waals surface area contributed by atoms with Crippen LogP contribution in [0.4, 0.5) is 28.9 Å². The maximum atomic E-state index is 13.3. The Morgan fingerprint density at radius 1 is 1.40 bits per heavy atom. The second kappa shape index (κ2) is 6.84.